The van der Waals surface area contributed by atoms with Crippen LogP contribution in [0.3, 0.4) is 0 Å². The van der Waals surface area contributed by atoms with Gasteiger partial charge in [0.2, 0.25) is 0 Å². The van der Waals surface area contributed by atoms with Crippen molar-refractivity contribution in [3.05, 3.63) is 58.4 Å². The zero-order valence-corrected chi connectivity index (χ0v) is 13.8. The number of carboxylic acids is 1. The van der Waals surface area contributed by atoms with Crippen LogP contribution in [0.2, 0.25) is 5.02 Å². The van der Waals surface area contributed by atoms with Crippen LogP contribution in [0.15, 0.2) is 36.4 Å². The monoisotopic (exact) mass is 353 g/mol. The number of carboxylic acid groups (broad SMARTS) is 1. The highest BCUT2D eigenvalue weighted by atomic mass is 35.5. The number of hydrogen-bond donors (Lipinski definition) is 2. The van der Waals surface area contributed by atoms with Gasteiger partial charge < -0.3 is 19.9 Å². The van der Waals surface area contributed by atoms with E-state index in [4.69, 9.17) is 26.2 Å². The topological polar surface area (TPSA) is 67.8 Å². The first kappa shape index (κ1) is 18.0. The molecule has 5 nitrogen and oxygen atoms in total. The molecule has 0 amide bonds. The van der Waals surface area contributed by atoms with E-state index in [2.05, 4.69) is 5.32 Å². The van der Waals surface area contributed by atoms with E-state index in [0.717, 1.165) is 5.56 Å². The number of nitrogens with one attached hydrogen (secondary N) is 1. The zero-order valence-electron chi connectivity index (χ0n) is 13.0. The van der Waals surface area contributed by atoms with Crippen LogP contribution in [0, 0.1) is 5.82 Å². The van der Waals surface area contributed by atoms with Crippen LogP contribution >= 0.6 is 11.6 Å². The van der Waals surface area contributed by atoms with Crippen molar-refractivity contribution in [3.8, 4) is 11.5 Å². The van der Waals surface area contributed by atoms with Crippen LogP contribution in [0.1, 0.15) is 11.1 Å². The molecule has 0 radical (unpaired) electrons. The molecule has 0 saturated carbocycles. The Morgan fingerprint density at radius 3 is 2.75 bits per heavy atom. The Kier molecular flexibility index (Phi) is 6.40. The first-order valence-corrected chi connectivity index (χ1v) is 7.54. The van der Waals surface area contributed by atoms with Crippen molar-refractivity contribution in [3.63, 3.8) is 0 Å². The highest BCUT2D eigenvalue weighted by molar-refractivity contribution is 6.31. The molecule has 0 atom stereocenters. The average molecular weight is 354 g/mol. The van der Waals surface area contributed by atoms with E-state index in [1.165, 1.54) is 19.2 Å². The van der Waals surface area contributed by atoms with Crippen molar-refractivity contribution >= 4 is 17.6 Å². The van der Waals surface area contributed by atoms with Crippen molar-refractivity contribution in [1.82, 2.24) is 5.32 Å². The molecular weight excluding hydrogens is 337 g/mol. The number of ether oxygens (including phenoxy) is 2. The lowest BCUT2D eigenvalue weighted by molar-refractivity contribution is -0.136. The van der Waals surface area contributed by atoms with Crippen molar-refractivity contribution < 1.29 is 23.8 Å². The summed E-state index contributed by atoms with van der Waals surface area (Å²) >= 11 is 6.00. The predicted molar refractivity (Wildman–Crippen MR) is 88.1 cm³/mol. The molecule has 0 aliphatic rings. The molecule has 7 heteroatoms. The van der Waals surface area contributed by atoms with Gasteiger partial charge in [-0.25, -0.2) is 4.39 Å². The van der Waals surface area contributed by atoms with Gasteiger partial charge in [0.05, 0.1) is 18.7 Å². The van der Waals surface area contributed by atoms with Crippen molar-refractivity contribution in [2.75, 3.05) is 13.7 Å². The van der Waals surface area contributed by atoms with Crippen LogP contribution in [0.4, 0.5) is 4.39 Å². The summed E-state index contributed by atoms with van der Waals surface area (Å²) in [4.78, 5) is 10.6. The summed E-state index contributed by atoms with van der Waals surface area (Å²) in [6.45, 7) is 0.266. The highest BCUT2D eigenvalue weighted by Gasteiger charge is 2.12. The summed E-state index contributed by atoms with van der Waals surface area (Å²) in [6, 6.07) is 9.41. The lowest BCUT2D eigenvalue weighted by atomic mass is 10.1. The van der Waals surface area contributed by atoms with Crippen LogP contribution < -0.4 is 14.8 Å². The fourth-order valence-electron chi connectivity index (χ4n) is 2.12. The Morgan fingerprint density at radius 1 is 1.29 bits per heavy atom. The second kappa shape index (κ2) is 8.52. The summed E-state index contributed by atoms with van der Waals surface area (Å²) in [5, 5.41) is 11.8. The van der Waals surface area contributed by atoms with Gasteiger partial charge in [0, 0.05) is 17.7 Å². The smallest absolute Gasteiger partial charge is 0.317 e. The number of hydrogen-bond acceptors (Lipinski definition) is 4. The molecule has 128 valence electrons. The second-order valence-electron chi connectivity index (χ2n) is 4.97. The Balaban J connectivity index is 2.15. The van der Waals surface area contributed by atoms with Gasteiger partial charge in [0.1, 0.15) is 12.4 Å². The maximum atomic E-state index is 13.1. The molecule has 0 aliphatic carbocycles. The van der Waals surface area contributed by atoms with Crippen LogP contribution in [-0.4, -0.2) is 24.7 Å². The van der Waals surface area contributed by atoms with E-state index in [1.54, 1.807) is 24.3 Å². The Bertz CT molecular complexity index is 724. The van der Waals surface area contributed by atoms with Crippen LogP contribution in [-0.2, 0) is 17.9 Å². The number of halogens is 2. The number of rotatable bonds is 8. The SMILES string of the molecule is COc1cccc(CNCC(=O)O)c1OCc1ccc(F)cc1Cl. The van der Waals surface area contributed by atoms with Gasteiger partial charge in [-0.3, -0.25) is 4.79 Å². The van der Waals surface area contributed by atoms with E-state index in [-0.39, 0.29) is 18.2 Å². The number of methoxy groups -OCH3 is 1. The Hall–Kier alpha value is -2.31. The van der Waals surface area contributed by atoms with Crippen molar-refractivity contribution in [2.24, 2.45) is 0 Å². The summed E-state index contributed by atoms with van der Waals surface area (Å²) in [7, 11) is 1.52. The van der Waals surface area contributed by atoms with E-state index >= 15 is 0 Å². The van der Waals surface area contributed by atoms with Crippen LogP contribution in [0.5, 0.6) is 11.5 Å². The van der Waals surface area contributed by atoms with E-state index in [0.29, 0.717) is 23.6 Å². The Labute approximate surface area is 144 Å². The quantitative estimate of drug-likeness (QED) is 0.762. The van der Waals surface area contributed by atoms with Gasteiger partial charge in [-0.15, -0.1) is 0 Å². The number of aliphatic carboxylic acids is 1. The maximum absolute atomic E-state index is 13.1. The minimum atomic E-state index is -0.946. The molecule has 0 heterocycles. The van der Waals surface area contributed by atoms with Crippen LogP contribution in [0.25, 0.3) is 0 Å². The van der Waals surface area contributed by atoms with Gasteiger partial charge >= 0.3 is 5.97 Å². The minimum Gasteiger partial charge on any atom is -0.493 e. The molecule has 0 bridgehead atoms. The summed E-state index contributed by atoms with van der Waals surface area (Å²) < 4.78 is 24.2. The largest absolute Gasteiger partial charge is 0.493 e. The summed E-state index contributed by atoms with van der Waals surface area (Å²) in [5.41, 5.74) is 1.38. The third-order valence-corrected chi connectivity index (χ3v) is 3.61. The molecule has 0 aromatic heterocycles. The highest BCUT2D eigenvalue weighted by Crippen LogP contribution is 2.32. The molecule has 2 rings (SSSR count). The fourth-order valence-corrected chi connectivity index (χ4v) is 2.34. The van der Waals surface area contributed by atoms with Gasteiger partial charge in [-0.2, -0.15) is 0 Å². The predicted octanol–water partition coefficient (Wildman–Crippen LogP) is 3.24. The van der Waals surface area contributed by atoms with E-state index in [9.17, 15) is 9.18 Å². The summed E-state index contributed by atoms with van der Waals surface area (Å²) in [5.74, 6) is -0.362. The molecular formula is C17H17ClFNO4. The maximum Gasteiger partial charge on any atom is 0.317 e. The van der Waals surface area contributed by atoms with Gasteiger partial charge in [-0.05, 0) is 18.2 Å². The first-order valence-electron chi connectivity index (χ1n) is 7.16. The molecule has 0 saturated heterocycles. The lowest BCUT2D eigenvalue weighted by Gasteiger charge is -2.16. The number of para-hydroxylation sites is 1. The standard InChI is InChI=1S/C17H17ClFNO4/c1-23-15-4-2-3-11(8-20-9-16(21)22)17(15)24-10-12-5-6-13(19)7-14(12)18/h2-7,20H,8-10H2,1H3,(H,21,22). The van der Waals surface area contributed by atoms with Crippen molar-refractivity contribution in [1.29, 1.82) is 0 Å². The molecule has 2 aromatic carbocycles. The van der Waals surface area contributed by atoms with E-state index in [1.807, 2.05) is 0 Å². The zero-order chi connectivity index (χ0) is 17.5. The molecule has 2 N–H and O–H groups in total. The van der Waals surface area contributed by atoms with Gasteiger partial charge in [-0.1, -0.05) is 29.8 Å². The van der Waals surface area contributed by atoms with Gasteiger partial charge in [0.15, 0.2) is 11.5 Å². The summed E-state index contributed by atoms with van der Waals surface area (Å²) in [6.07, 6.45) is 0. The first-order chi connectivity index (χ1) is 11.5. The number of carbonyl (C=O) groups is 1. The lowest BCUT2D eigenvalue weighted by Crippen LogP contribution is -2.22. The minimum absolute atomic E-state index is 0.130. The molecule has 0 spiro atoms. The Morgan fingerprint density at radius 2 is 2.08 bits per heavy atom. The van der Waals surface area contributed by atoms with Gasteiger partial charge in [0.25, 0.3) is 0 Å². The third-order valence-electron chi connectivity index (χ3n) is 3.26. The molecule has 0 fully saturated rings. The molecule has 24 heavy (non-hydrogen) atoms. The number of benzene rings is 2. The second-order valence-corrected chi connectivity index (χ2v) is 5.38. The molecule has 0 aliphatic heterocycles. The van der Waals surface area contributed by atoms with Crippen molar-refractivity contribution in [2.45, 2.75) is 13.2 Å². The van der Waals surface area contributed by atoms with E-state index < -0.39 is 11.8 Å². The normalized spacial score (nSPS) is 10.5. The third kappa shape index (κ3) is 4.84. The molecule has 2 aromatic rings. The fraction of sp³-hybridized carbons (Fsp3) is 0.235. The molecule has 0 unspecified atom stereocenters. The average Bonchev–Trinajstić information content (AvgIpc) is 2.54.